The highest BCUT2D eigenvalue weighted by Gasteiger charge is 2.77. The zero-order chi connectivity index (χ0) is 35.3. The molecule has 4 amide bonds. The number of aromatic hydroxyl groups is 1. The normalized spacial score (nSPS) is 29.3. The summed E-state index contributed by atoms with van der Waals surface area (Å²) < 4.78 is 78.8. The number of halogens is 7. The monoisotopic (exact) mass is 740 g/mol. The van der Waals surface area contributed by atoms with Crippen LogP contribution in [0.5, 0.6) is 11.5 Å². The summed E-state index contributed by atoms with van der Waals surface area (Å²) in [5.74, 6) is -21.4. The topological polar surface area (TPSA) is 104 Å². The van der Waals surface area contributed by atoms with Gasteiger partial charge in [0, 0.05) is 10.8 Å². The lowest BCUT2D eigenvalue weighted by Gasteiger charge is -2.50. The summed E-state index contributed by atoms with van der Waals surface area (Å²) in [5.41, 5.74) is -1.45. The van der Waals surface area contributed by atoms with Crippen molar-refractivity contribution in [1.82, 2.24) is 4.90 Å². The molecule has 0 radical (unpaired) electrons. The number of carbonyl (C=O) groups is 4. The molecule has 6 atom stereocenters. The third kappa shape index (κ3) is 4.45. The third-order valence-electron chi connectivity index (χ3n) is 9.82. The van der Waals surface area contributed by atoms with Crippen molar-refractivity contribution in [3.8, 4) is 11.5 Å². The van der Waals surface area contributed by atoms with Crippen molar-refractivity contribution < 1.29 is 51.0 Å². The molecular formula is C33H23Cl2F5N2O6S. The zero-order valence-electron chi connectivity index (χ0n) is 25.1. The molecule has 4 aliphatic rings. The van der Waals surface area contributed by atoms with Crippen molar-refractivity contribution in [2.75, 3.05) is 11.5 Å². The number of anilines is 1. The molecule has 3 fully saturated rings. The Kier molecular flexibility index (Phi) is 7.88. The molecule has 0 unspecified atom stereocenters. The van der Waals surface area contributed by atoms with Gasteiger partial charge in [0.2, 0.25) is 17.6 Å². The average Bonchev–Trinajstić information content (AvgIpc) is 3.72. The van der Waals surface area contributed by atoms with Crippen LogP contribution in [0.2, 0.25) is 0 Å². The van der Waals surface area contributed by atoms with E-state index in [0.717, 1.165) is 9.78 Å². The van der Waals surface area contributed by atoms with Crippen molar-refractivity contribution in [3.05, 3.63) is 86.9 Å². The van der Waals surface area contributed by atoms with Crippen molar-refractivity contribution in [2.45, 2.75) is 42.0 Å². The molecule has 7 rings (SSSR count). The quantitative estimate of drug-likeness (QED) is 0.0794. The summed E-state index contributed by atoms with van der Waals surface area (Å²) in [6.45, 7) is 1.70. The fourth-order valence-corrected chi connectivity index (χ4v) is 9.33. The number of ether oxygens (including phenoxy) is 1. The SMILES string of the molecule is CCOc1cc([C@H]2C3=CC[C@@H]4C(=O)N(Cc5cccs5)C(=O)[C@@H]4[C@@H]3C[C@@]3(Cl)C(=O)N(c4c(F)c(F)c(F)c(F)c4F)C(=O)[C@@]23Cl)ccc1O. The van der Waals surface area contributed by atoms with Crippen LogP contribution in [0.25, 0.3) is 0 Å². The van der Waals surface area contributed by atoms with E-state index < -0.39 is 98.2 Å². The van der Waals surface area contributed by atoms with Gasteiger partial charge in [-0.15, -0.1) is 34.5 Å². The van der Waals surface area contributed by atoms with Crippen LogP contribution < -0.4 is 9.64 Å². The highest BCUT2D eigenvalue weighted by Crippen LogP contribution is 2.66. The second-order valence-electron chi connectivity index (χ2n) is 12.2. The Balaban J connectivity index is 1.42. The molecule has 0 spiro atoms. The molecule has 1 saturated carbocycles. The highest BCUT2D eigenvalue weighted by molar-refractivity contribution is 7.09. The predicted molar refractivity (Wildman–Crippen MR) is 166 cm³/mol. The van der Waals surface area contributed by atoms with Gasteiger partial charge in [-0.3, -0.25) is 24.1 Å². The summed E-state index contributed by atoms with van der Waals surface area (Å²) in [6.07, 6.45) is 1.00. The summed E-state index contributed by atoms with van der Waals surface area (Å²) in [4.78, 5) is 52.6. The molecule has 2 aromatic carbocycles. The fraction of sp³-hybridized carbons (Fsp3) is 0.333. The summed E-state index contributed by atoms with van der Waals surface area (Å²) >= 11 is 15.6. The third-order valence-corrected chi connectivity index (χ3v) is 12.1. The first-order valence-electron chi connectivity index (χ1n) is 15.0. The number of hydrogen-bond acceptors (Lipinski definition) is 7. The van der Waals surface area contributed by atoms with E-state index in [9.17, 15) is 37.5 Å². The first-order valence-corrected chi connectivity index (χ1v) is 16.6. The number of fused-ring (bicyclic) bond motifs is 4. The fourth-order valence-electron chi connectivity index (χ4n) is 7.70. The van der Waals surface area contributed by atoms with Crippen LogP contribution in [0.3, 0.4) is 0 Å². The summed E-state index contributed by atoms with van der Waals surface area (Å²) in [5, 5.41) is 12.2. The molecule has 8 nitrogen and oxygen atoms in total. The minimum Gasteiger partial charge on any atom is -0.504 e. The van der Waals surface area contributed by atoms with Gasteiger partial charge in [-0.2, -0.15) is 0 Å². The molecule has 1 aromatic heterocycles. The Bertz CT molecular complexity index is 1980. The molecule has 0 bridgehead atoms. The number of benzene rings is 2. The van der Waals surface area contributed by atoms with Gasteiger partial charge in [-0.1, -0.05) is 23.8 Å². The lowest BCUT2D eigenvalue weighted by atomic mass is 9.56. The van der Waals surface area contributed by atoms with Crippen LogP contribution in [0, 0.1) is 46.8 Å². The maximum atomic E-state index is 15.2. The Hall–Kier alpha value is -4.01. The molecular weight excluding hydrogens is 718 g/mol. The molecule has 3 heterocycles. The van der Waals surface area contributed by atoms with Crippen LogP contribution in [0.1, 0.15) is 36.1 Å². The van der Waals surface area contributed by atoms with E-state index in [4.69, 9.17) is 27.9 Å². The van der Waals surface area contributed by atoms with Crippen molar-refractivity contribution in [1.29, 1.82) is 0 Å². The number of rotatable bonds is 6. The van der Waals surface area contributed by atoms with Gasteiger partial charge >= 0.3 is 0 Å². The van der Waals surface area contributed by atoms with Crippen molar-refractivity contribution >= 4 is 63.9 Å². The van der Waals surface area contributed by atoms with E-state index in [1.807, 2.05) is 0 Å². The average molecular weight is 742 g/mol. The van der Waals surface area contributed by atoms with Crippen molar-refractivity contribution in [2.24, 2.45) is 17.8 Å². The number of phenolic OH excluding ortho intramolecular Hbond substituents is 1. The second kappa shape index (κ2) is 11.5. The minimum absolute atomic E-state index is 0.0135. The maximum Gasteiger partial charge on any atom is 0.258 e. The van der Waals surface area contributed by atoms with E-state index in [2.05, 4.69) is 0 Å². The molecule has 2 saturated heterocycles. The lowest BCUT2D eigenvalue weighted by Crippen LogP contribution is -2.60. The largest absolute Gasteiger partial charge is 0.504 e. The first-order chi connectivity index (χ1) is 23.2. The van der Waals surface area contributed by atoms with E-state index in [1.54, 1.807) is 30.5 Å². The lowest BCUT2D eigenvalue weighted by molar-refractivity contribution is -0.141. The highest BCUT2D eigenvalue weighted by atomic mass is 35.5. The van der Waals surface area contributed by atoms with Gasteiger partial charge in [0.25, 0.3) is 11.8 Å². The number of alkyl halides is 2. The van der Waals surface area contributed by atoms with Crippen LogP contribution in [-0.4, -0.2) is 50.0 Å². The van der Waals surface area contributed by atoms with Crippen LogP contribution >= 0.6 is 34.5 Å². The number of amides is 4. The molecule has 1 N–H and O–H groups in total. The van der Waals surface area contributed by atoms with E-state index in [0.29, 0.717) is 5.57 Å². The number of imide groups is 2. The molecule has 16 heteroatoms. The van der Waals surface area contributed by atoms with Gasteiger partial charge in [0.05, 0.1) is 25.0 Å². The Morgan fingerprint density at radius 1 is 0.939 bits per heavy atom. The second-order valence-corrected chi connectivity index (χ2v) is 14.5. The zero-order valence-corrected chi connectivity index (χ0v) is 27.4. The molecule has 256 valence electrons. The number of phenols is 1. The van der Waals surface area contributed by atoms with E-state index in [1.165, 1.54) is 29.5 Å². The Labute approximate surface area is 288 Å². The van der Waals surface area contributed by atoms with Gasteiger partial charge in [-0.05, 0) is 54.8 Å². The van der Waals surface area contributed by atoms with Crippen LogP contribution in [0.4, 0.5) is 27.6 Å². The minimum atomic E-state index is -2.68. The first kappa shape index (κ1) is 33.5. The molecule has 49 heavy (non-hydrogen) atoms. The van der Waals surface area contributed by atoms with Crippen molar-refractivity contribution in [3.63, 3.8) is 0 Å². The summed E-state index contributed by atoms with van der Waals surface area (Å²) in [7, 11) is 0. The molecule has 2 aliphatic carbocycles. The number of hydrogen-bond donors (Lipinski definition) is 1. The molecule has 2 aliphatic heterocycles. The van der Waals surface area contributed by atoms with Gasteiger partial charge in [0.1, 0.15) is 5.69 Å². The van der Waals surface area contributed by atoms with Crippen LogP contribution in [0.15, 0.2) is 47.4 Å². The van der Waals surface area contributed by atoms with E-state index in [-0.39, 0.29) is 41.5 Å². The van der Waals surface area contributed by atoms with Gasteiger partial charge in [0.15, 0.2) is 44.5 Å². The summed E-state index contributed by atoms with van der Waals surface area (Å²) in [6, 6.07) is 7.36. The number of carbonyl (C=O) groups excluding carboxylic acids is 4. The van der Waals surface area contributed by atoms with Gasteiger partial charge in [-0.25, -0.2) is 26.9 Å². The smallest absolute Gasteiger partial charge is 0.258 e. The van der Waals surface area contributed by atoms with Gasteiger partial charge < -0.3 is 9.84 Å². The standard InChI is InChI=1S/C33H23Cl2F5N2O6S/c1-2-48-19-10-13(5-8-18(19)43)21-15-6-7-16-20(29(45)41(28(16)44)12-14-4-3-9-49-14)17(15)11-32(34)30(46)42(31(47)33(21,32)35)27-25(39)23(37)22(36)24(38)26(27)40/h3-6,8-10,16-17,20-21,43H,2,7,11-12H2,1H3/t16-,17+,20-,21-,32+,33-/m0/s1. The van der Waals surface area contributed by atoms with Crippen LogP contribution in [-0.2, 0) is 25.7 Å². The Morgan fingerprint density at radius 3 is 2.24 bits per heavy atom. The number of thiophene rings is 1. The predicted octanol–water partition coefficient (Wildman–Crippen LogP) is 6.31. The molecule has 3 aromatic rings. The number of allylic oxidation sites excluding steroid dienone is 2. The number of nitrogens with zero attached hydrogens (tertiary/aromatic N) is 2. The maximum absolute atomic E-state index is 15.2. The number of likely N-dealkylation sites (tertiary alicyclic amines) is 1. The Morgan fingerprint density at radius 2 is 1.61 bits per heavy atom. The van der Waals surface area contributed by atoms with E-state index >= 15 is 8.78 Å².